The van der Waals surface area contributed by atoms with E-state index in [1.165, 1.54) is 0 Å². The summed E-state index contributed by atoms with van der Waals surface area (Å²) in [6, 6.07) is 9.52. The molecule has 1 atom stereocenters. The van der Waals surface area contributed by atoms with Crippen molar-refractivity contribution < 1.29 is 14.3 Å². The third-order valence-electron chi connectivity index (χ3n) is 4.52. The lowest BCUT2D eigenvalue weighted by Crippen LogP contribution is -2.43. The Morgan fingerprint density at radius 2 is 2.07 bits per heavy atom. The third-order valence-corrected chi connectivity index (χ3v) is 4.52. The van der Waals surface area contributed by atoms with Crippen molar-refractivity contribution in [3.63, 3.8) is 0 Å². The number of amides is 1. The molecule has 1 aliphatic heterocycles. The first-order valence-corrected chi connectivity index (χ1v) is 9.33. The summed E-state index contributed by atoms with van der Waals surface area (Å²) in [5.41, 5.74) is 0. The summed E-state index contributed by atoms with van der Waals surface area (Å²) in [5, 5.41) is 3.00. The Hall–Kier alpha value is -2.67. The smallest absolute Gasteiger partial charge is 0.263 e. The molecule has 0 spiro atoms. The molecule has 1 saturated heterocycles. The summed E-state index contributed by atoms with van der Waals surface area (Å²) in [7, 11) is 1.66. The number of aromatic nitrogens is 2. The number of carbonyl (C=O) groups is 1. The largest absolute Gasteiger partial charge is 0.436 e. The number of para-hydroxylation sites is 1. The van der Waals surface area contributed by atoms with Crippen LogP contribution < -0.4 is 15.0 Å². The van der Waals surface area contributed by atoms with Crippen molar-refractivity contribution in [2.45, 2.75) is 19.3 Å². The lowest BCUT2D eigenvalue weighted by molar-refractivity contribution is -0.125. The molecule has 7 nitrogen and oxygen atoms in total. The van der Waals surface area contributed by atoms with Crippen molar-refractivity contribution in [1.82, 2.24) is 15.3 Å². The Labute approximate surface area is 159 Å². The van der Waals surface area contributed by atoms with Gasteiger partial charge in [-0.3, -0.25) is 4.79 Å². The van der Waals surface area contributed by atoms with Crippen LogP contribution in [0.5, 0.6) is 11.6 Å². The minimum absolute atomic E-state index is 0.0622. The molecule has 7 heteroatoms. The van der Waals surface area contributed by atoms with E-state index in [2.05, 4.69) is 20.2 Å². The number of benzene rings is 1. The summed E-state index contributed by atoms with van der Waals surface area (Å²) in [6.07, 6.45) is 5.89. The van der Waals surface area contributed by atoms with E-state index in [1.54, 1.807) is 19.5 Å². The number of nitrogens with zero attached hydrogens (tertiary/aromatic N) is 3. The van der Waals surface area contributed by atoms with Gasteiger partial charge in [-0.25, -0.2) is 9.97 Å². The van der Waals surface area contributed by atoms with Gasteiger partial charge in [0.2, 0.25) is 5.91 Å². The molecular formula is C20H26N4O3. The fourth-order valence-corrected chi connectivity index (χ4v) is 3.16. The Morgan fingerprint density at radius 3 is 2.89 bits per heavy atom. The molecule has 0 saturated carbocycles. The van der Waals surface area contributed by atoms with Crippen LogP contribution in [0.3, 0.4) is 0 Å². The third kappa shape index (κ3) is 5.40. The van der Waals surface area contributed by atoms with Crippen LogP contribution in [0, 0.1) is 5.92 Å². The molecule has 2 aromatic rings. The van der Waals surface area contributed by atoms with E-state index in [1.807, 2.05) is 30.3 Å². The van der Waals surface area contributed by atoms with Gasteiger partial charge in [0.25, 0.3) is 5.88 Å². The van der Waals surface area contributed by atoms with Gasteiger partial charge in [-0.1, -0.05) is 18.2 Å². The molecule has 1 N–H and O–H groups in total. The van der Waals surface area contributed by atoms with E-state index in [-0.39, 0.29) is 11.8 Å². The van der Waals surface area contributed by atoms with Gasteiger partial charge in [0.05, 0.1) is 5.92 Å². The maximum atomic E-state index is 12.5. The van der Waals surface area contributed by atoms with Crippen molar-refractivity contribution >= 4 is 11.7 Å². The summed E-state index contributed by atoms with van der Waals surface area (Å²) in [4.78, 5) is 23.4. The minimum atomic E-state index is -0.0622. The topological polar surface area (TPSA) is 76.6 Å². The van der Waals surface area contributed by atoms with Crippen LogP contribution in [0.1, 0.15) is 19.3 Å². The molecule has 0 aliphatic carbocycles. The Bertz CT molecular complexity index is 726. The molecule has 1 fully saturated rings. The van der Waals surface area contributed by atoms with Crippen LogP contribution in [-0.2, 0) is 9.53 Å². The van der Waals surface area contributed by atoms with Gasteiger partial charge in [0.15, 0.2) is 5.82 Å². The number of anilines is 1. The number of hydrogen-bond donors (Lipinski definition) is 1. The van der Waals surface area contributed by atoms with Crippen LogP contribution in [0.4, 0.5) is 5.82 Å². The van der Waals surface area contributed by atoms with Crippen molar-refractivity contribution in [3.8, 4) is 11.6 Å². The van der Waals surface area contributed by atoms with Gasteiger partial charge in [-0.2, -0.15) is 0 Å². The number of piperidine rings is 1. The number of methoxy groups -OCH3 is 1. The van der Waals surface area contributed by atoms with Crippen molar-refractivity contribution in [3.05, 3.63) is 42.7 Å². The molecule has 0 bridgehead atoms. The predicted octanol–water partition coefficient (Wildman–Crippen LogP) is 2.64. The molecule has 0 radical (unpaired) electrons. The van der Waals surface area contributed by atoms with Crippen molar-refractivity contribution in [1.29, 1.82) is 0 Å². The Morgan fingerprint density at radius 1 is 1.26 bits per heavy atom. The summed E-state index contributed by atoms with van der Waals surface area (Å²) >= 11 is 0. The fourth-order valence-electron chi connectivity index (χ4n) is 3.16. The van der Waals surface area contributed by atoms with Crippen molar-refractivity contribution in [2.24, 2.45) is 5.92 Å². The van der Waals surface area contributed by atoms with Crippen LogP contribution >= 0.6 is 0 Å². The molecule has 0 unspecified atom stereocenters. The maximum absolute atomic E-state index is 12.5. The second-order valence-electron chi connectivity index (χ2n) is 6.52. The van der Waals surface area contributed by atoms with Crippen LogP contribution in [0.15, 0.2) is 42.7 Å². The Balaban J connectivity index is 1.65. The van der Waals surface area contributed by atoms with E-state index >= 15 is 0 Å². The molecule has 1 amide bonds. The van der Waals surface area contributed by atoms with E-state index < -0.39 is 0 Å². The molecule has 144 valence electrons. The van der Waals surface area contributed by atoms with Crippen molar-refractivity contribution in [2.75, 3.05) is 38.3 Å². The standard InChI is InChI=1S/C20H26N4O3/c1-26-14-6-10-22-19(25)16-7-5-13-24(15-16)18-20(23-12-11-21-18)27-17-8-3-2-4-9-17/h2-4,8-9,11-12,16H,5-7,10,13-15H2,1H3,(H,22,25)/t16-/m1/s1. The molecule has 1 aromatic carbocycles. The maximum Gasteiger partial charge on any atom is 0.263 e. The van der Waals surface area contributed by atoms with E-state index in [9.17, 15) is 4.79 Å². The Kier molecular flexibility index (Phi) is 6.98. The number of rotatable bonds is 8. The zero-order valence-corrected chi connectivity index (χ0v) is 15.6. The molecule has 27 heavy (non-hydrogen) atoms. The van der Waals surface area contributed by atoms with Gasteiger partial charge in [-0.05, 0) is 31.4 Å². The van der Waals surface area contributed by atoms with Crippen LogP contribution in [0.2, 0.25) is 0 Å². The van der Waals surface area contributed by atoms with Gasteiger partial charge in [0, 0.05) is 45.7 Å². The molecular weight excluding hydrogens is 344 g/mol. The quantitative estimate of drug-likeness (QED) is 0.720. The summed E-state index contributed by atoms with van der Waals surface area (Å²) in [5.74, 6) is 1.88. The highest BCUT2D eigenvalue weighted by atomic mass is 16.5. The lowest BCUT2D eigenvalue weighted by atomic mass is 9.97. The monoisotopic (exact) mass is 370 g/mol. The number of hydrogen-bond acceptors (Lipinski definition) is 6. The molecule has 1 aromatic heterocycles. The van der Waals surface area contributed by atoms with Gasteiger partial charge >= 0.3 is 0 Å². The highest BCUT2D eigenvalue weighted by Gasteiger charge is 2.28. The number of carbonyl (C=O) groups excluding carboxylic acids is 1. The zero-order valence-electron chi connectivity index (χ0n) is 15.6. The normalized spacial score (nSPS) is 16.8. The molecule has 3 rings (SSSR count). The second kappa shape index (κ2) is 9.87. The van der Waals surface area contributed by atoms with E-state index in [0.29, 0.717) is 37.1 Å². The van der Waals surface area contributed by atoms with E-state index in [4.69, 9.17) is 9.47 Å². The fraction of sp³-hybridized carbons (Fsp3) is 0.450. The summed E-state index contributed by atoms with van der Waals surface area (Å²) in [6.45, 7) is 2.73. The first kappa shape index (κ1) is 19.1. The second-order valence-corrected chi connectivity index (χ2v) is 6.52. The SMILES string of the molecule is COCCCNC(=O)[C@@H]1CCCN(c2nccnc2Oc2ccccc2)C1. The zero-order chi connectivity index (χ0) is 18.9. The number of ether oxygens (including phenoxy) is 2. The average Bonchev–Trinajstić information content (AvgIpc) is 2.72. The highest BCUT2D eigenvalue weighted by Crippen LogP contribution is 2.30. The minimum Gasteiger partial charge on any atom is -0.436 e. The molecule has 1 aliphatic rings. The van der Waals surface area contributed by atoms with Crippen LogP contribution in [-0.4, -0.2) is 49.2 Å². The predicted molar refractivity (Wildman–Crippen MR) is 103 cm³/mol. The first-order valence-electron chi connectivity index (χ1n) is 9.33. The molecule has 2 heterocycles. The lowest BCUT2D eigenvalue weighted by Gasteiger charge is -2.33. The highest BCUT2D eigenvalue weighted by molar-refractivity contribution is 5.79. The summed E-state index contributed by atoms with van der Waals surface area (Å²) < 4.78 is 10.9. The van der Waals surface area contributed by atoms with Gasteiger partial charge in [0.1, 0.15) is 5.75 Å². The van der Waals surface area contributed by atoms with E-state index in [0.717, 1.165) is 25.8 Å². The van der Waals surface area contributed by atoms with Gasteiger partial charge in [-0.15, -0.1) is 0 Å². The first-order chi connectivity index (χ1) is 13.3. The van der Waals surface area contributed by atoms with Crippen LogP contribution in [0.25, 0.3) is 0 Å². The number of nitrogens with one attached hydrogen (secondary N) is 1. The average molecular weight is 370 g/mol. The van der Waals surface area contributed by atoms with Gasteiger partial charge < -0.3 is 19.7 Å².